The van der Waals surface area contributed by atoms with Crippen molar-refractivity contribution in [3.8, 4) is 0 Å². The molecule has 0 aliphatic carbocycles. The van der Waals surface area contributed by atoms with Gasteiger partial charge in [-0.25, -0.2) is 0 Å². The first-order chi connectivity index (χ1) is 14.6. The molecule has 0 atom stereocenters. The number of unbranched alkanes of at least 4 members (excludes halogenated alkanes) is 11. The van der Waals surface area contributed by atoms with E-state index >= 15 is 0 Å². The van der Waals surface area contributed by atoms with Crippen LogP contribution in [0.25, 0.3) is 0 Å². The average molecular weight is 425 g/mol. The molecule has 180 valence electrons. The van der Waals surface area contributed by atoms with Crippen LogP contribution in [0.2, 0.25) is 0 Å². The summed E-state index contributed by atoms with van der Waals surface area (Å²) in [5.74, 6) is 0.212. The van der Waals surface area contributed by atoms with E-state index in [1.54, 1.807) is 0 Å². The lowest BCUT2D eigenvalue weighted by Gasteiger charge is -2.04. The molecule has 0 aromatic heterocycles. The Morgan fingerprint density at radius 3 is 1.00 bits per heavy atom. The van der Waals surface area contributed by atoms with Crippen LogP contribution < -0.4 is 0 Å². The van der Waals surface area contributed by atoms with Crippen LogP contribution in [0.4, 0.5) is 0 Å². The van der Waals surface area contributed by atoms with E-state index in [2.05, 4.69) is 79.6 Å². The van der Waals surface area contributed by atoms with Crippen molar-refractivity contribution in [2.75, 3.05) is 0 Å². The zero-order valence-corrected chi connectivity index (χ0v) is 20.9. The molecule has 0 radical (unpaired) electrons. The number of hydrogen-bond donors (Lipinski definition) is 1. The first kappa shape index (κ1) is 42.3. The van der Waals surface area contributed by atoms with E-state index in [0.717, 1.165) is 18.8 Å². The second-order valence-corrected chi connectivity index (χ2v) is 6.57. The highest BCUT2D eigenvalue weighted by Crippen LogP contribution is 2.14. The molecule has 0 aromatic rings. The highest BCUT2D eigenvalue weighted by Gasteiger charge is 1.97. The molecule has 2 nitrogen and oxygen atoms in total. The minimum absolute atomic E-state index is 0.344. The van der Waals surface area contributed by atoms with Crippen molar-refractivity contribution < 1.29 is 9.90 Å². The van der Waals surface area contributed by atoms with Gasteiger partial charge in [0.2, 0.25) is 0 Å². The van der Waals surface area contributed by atoms with Crippen molar-refractivity contribution in [2.45, 2.75) is 104 Å². The first-order valence-electron chi connectivity index (χ1n) is 11.3. The van der Waals surface area contributed by atoms with E-state index in [4.69, 9.17) is 5.11 Å². The Bertz CT molecular complexity index is 262. The lowest BCUT2D eigenvalue weighted by Crippen LogP contribution is -1.93. The second kappa shape index (κ2) is 56.4. The number of carbonyl (C=O) groups is 1. The lowest BCUT2D eigenvalue weighted by molar-refractivity contribution is -0.137. The van der Waals surface area contributed by atoms with Gasteiger partial charge >= 0.3 is 5.97 Å². The van der Waals surface area contributed by atoms with Crippen LogP contribution >= 0.6 is 0 Å². The predicted molar refractivity (Wildman–Crippen MR) is 143 cm³/mol. The molecule has 30 heavy (non-hydrogen) atoms. The molecular weight excluding hydrogens is 368 g/mol. The van der Waals surface area contributed by atoms with Gasteiger partial charge in [0.25, 0.3) is 0 Å². The van der Waals surface area contributed by atoms with Crippen LogP contribution in [-0.2, 0) is 4.79 Å². The maximum Gasteiger partial charge on any atom is 0.303 e. The molecule has 0 aliphatic heterocycles. The number of hydrogen-bond acceptors (Lipinski definition) is 1. The third kappa shape index (κ3) is 72.0. The summed E-state index contributed by atoms with van der Waals surface area (Å²) in [4.78, 5) is 10.3. The van der Waals surface area contributed by atoms with Gasteiger partial charge in [-0.2, -0.15) is 0 Å². The van der Waals surface area contributed by atoms with Gasteiger partial charge in [0.05, 0.1) is 0 Å². The van der Waals surface area contributed by atoms with Gasteiger partial charge in [-0.15, -0.1) is 65.8 Å². The Morgan fingerprint density at radius 2 is 0.767 bits per heavy atom. The Balaban J connectivity index is -0.000000125. The van der Waals surface area contributed by atoms with Gasteiger partial charge in [-0.05, 0) is 12.3 Å². The summed E-state index contributed by atoms with van der Waals surface area (Å²) in [7, 11) is 0. The van der Waals surface area contributed by atoms with Crippen LogP contribution in [0.1, 0.15) is 104 Å². The van der Waals surface area contributed by atoms with Crippen molar-refractivity contribution in [3.63, 3.8) is 0 Å². The molecule has 2 heteroatoms. The Morgan fingerprint density at radius 1 is 0.533 bits per heavy atom. The molecule has 0 heterocycles. The molecule has 0 aliphatic rings. The topological polar surface area (TPSA) is 37.3 Å². The van der Waals surface area contributed by atoms with Crippen LogP contribution in [-0.4, -0.2) is 11.1 Å². The van der Waals surface area contributed by atoms with E-state index in [1.807, 2.05) is 0 Å². The van der Waals surface area contributed by atoms with Crippen molar-refractivity contribution in [1.29, 1.82) is 0 Å². The van der Waals surface area contributed by atoms with E-state index in [0.29, 0.717) is 6.42 Å². The van der Waals surface area contributed by atoms with E-state index < -0.39 is 5.97 Å². The summed E-state index contributed by atoms with van der Waals surface area (Å²) >= 11 is 0. The normalized spacial score (nSPS) is 8.10. The van der Waals surface area contributed by atoms with Crippen molar-refractivity contribution in [3.05, 3.63) is 65.8 Å². The summed E-state index contributed by atoms with van der Waals surface area (Å²) in [6.07, 6.45) is 17.3. The zero-order chi connectivity index (χ0) is 25.1. The second-order valence-electron chi connectivity index (χ2n) is 6.57. The van der Waals surface area contributed by atoms with Gasteiger partial charge in [0.1, 0.15) is 0 Å². The number of rotatable bonds is 15. The molecule has 0 saturated heterocycles. The first-order valence-corrected chi connectivity index (χ1v) is 11.3. The third-order valence-electron chi connectivity index (χ3n) is 3.92. The summed E-state index contributed by atoms with van der Waals surface area (Å²) in [6.45, 7) is 34.6. The zero-order valence-electron chi connectivity index (χ0n) is 20.9. The highest BCUT2D eigenvalue weighted by atomic mass is 16.4. The average Bonchev–Trinajstić information content (AvgIpc) is 2.80. The maximum atomic E-state index is 10.3. The van der Waals surface area contributed by atoms with E-state index in [1.165, 1.54) is 70.6 Å². The lowest BCUT2D eigenvalue weighted by atomic mass is 10.0. The monoisotopic (exact) mass is 424 g/mol. The quantitative estimate of drug-likeness (QED) is 0.210. The summed E-state index contributed by atoms with van der Waals surface area (Å²) in [5, 5.41) is 8.52. The molecular formula is C28H56O2. The van der Waals surface area contributed by atoms with Gasteiger partial charge in [-0.1, -0.05) is 90.9 Å². The fourth-order valence-electron chi connectivity index (χ4n) is 2.60. The van der Waals surface area contributed by atoms with Crippen LogP contribution in [0.15, 0.2) is 65.8 Å². The number of aliphatic carboxylic acids is 1. The molecule has 1 N–H and O–H groups in total. The third-order valence-corrected chi connectivity index (χ3v) is 3.92. The van der Waals surface area contributed by atoms with Gasteiger partial charge in [0.15, 0.2) is 0 Å². The van der Waals surface area contributed by atoms with E-state index in [9.17, 15) is 4.79 Å². The SMILES string of the molecule is C=C.C=C.C=C.C=C.C=C.CC(C)CCCCCCCCCCCCCCC(=O)O. The molecule has 0 spiro atoms. The molecule has 0 saturated carbocycles. The summed E-state index contributed by atoms with van der Waals surface area (Å²) < 4.78 is 0. The maximum absolute atomic E-state index is 10.3. The molecule has 0 unspecified atom stereocenters. The Kier molecular flexibility index (Phi) is 79.5. The Labute approximate surface area is 191 Å². The van der Waals surface area contributed by atoms with Crippen molar-refractivity contribution in [1.82, 2.24) is 0 Å². The molecule has 0 amide bonds. The minimum atomic E-state index is -0.654. The standard InChI is InChI=1S/C18H36O2.5C2H4/c1-17(2)15-13-11-9-7-5-3-4-6-8-10-12-14-16-18(19)20;5*1-2/h17H,3-16H2,1-2H3,(H,19,20);5*1-2H2. The van der Waals surface area contributed by atoms with E-state index in [-0.39, 0.29) is 0 Å². The van der Waals surface area contributed by atoms with Crippen LogP contribution in [0.3, 0.4) is 0 Å². The fourth-order valence-corrected chi connectivity index (χ4v) is 2.60. The predicted octanol–water partition coefficient (Wildman–Crippen LogP) is 10.2. The highest BCUT2D eigenvalue weighted by molar-refractivity contribution is 5.66. The molecule has 0 rings (SSSR count). The summed E-state index contributed by atoms with van der Waals surface area (Å²) in [5.41, 5.74) is 0. The van der Waals surface area contributed by atoms with Crippen molar-refractivity contribution >= 4 is 5.97 Å². The van der Waals surface area contributed by atoms with Crippen molar-refractivity contribution in [2.24, 2.45) is 5.92 Å². The molecule has 0 aromatic carbocycles. The number of carboxylic acid groups (broad SMARTS) is 1. The van der Waals surface area contributed by atoms with Gasteiger partial charge in [0, 0.05) is 6.42 Å². The fraction of sp³-hybridized carbons (Fsp3) is 0.607. The molecule has 0 fully saturated rings. The Hall–Kier alpha value is -1.83. The van der Waals surface area contributed by atoms with Gasteiger partial charge < -0.3 is 5.11 Å². The number of carboxylic acids is 1. The van der Waals surface area contributed by atoms with Crippen LogP contribution in [0.5, 0.6) is 0 Å². The van der Waals surface area contributed by atoms with Crippen LogP contribution in [0, 0.1) is 5.92 Å². The summed E-state index contributed by atoms with van der Waals surface area (Å²) in [6, 6.07) is 0. The van der Waals surface area contributed by atoms with Gasteiger partial charge in [-0.3, -0.25) is 4.79 Å². The largest absolute Gasteiger partial charge is 0.481 e. The molecule has 0 bridgehead atoms. The smallest absolute Gasteiger partial charge is 0.303 e. The minimum Gasteiger partial charge on any atom is -0.481 e.